The van der Waals surface area contributed by atoms with Gasteiger partial charge in [0.05, 0.1) is 33.5 Å². The molecule has 30 heavy (non-hydrogen) atoms. The van der Waals surface area contributed by atoms with E-state index in [-0.39, 0.29) is 5.56 Å². The van der Waals surface area contributed by atoms with Crippen LogP contribution in [0.15, 0.2) is 12.1 Å². The molecule has 0 unspecified atom stereocenters. The number of unbranched alkanes of at least 4 members (excludes halogenated alkanes) is 11. The summed E-state index contributed by atoms with van der Waals surface area (Å²) in [5.41, 5.74) is 0.274. The Labute approximate surface area is 182 Å². The third-order valence-electron chi connectivity index (χ3n) is 5.01. The molecule has 171 valence electrons. The van der Waals surface area contributed by atoms with Crippen molar-refractivity contribution in [3.8, 4) is 17.2 Å². The largest absolute Gasteiger partial charge is 0.493 e. The van der Waals surface area contributed by atoms with Crippen LogP contribution in [0.2, 0.25) is 0 Å². The first-order valence-corrected chi connectivity index (χ1v) is 11.1. The summed E-state index contributed by atoms with van der Waals surface area (Å²) in [5, 5.41) is 0. The summed E-state index contributed by atoms with van der Waals surface area (Å²) in [7, 11) is 4.50. The molecule has 6 nitrogen and oxygen atoms in total. The summed E-state index contributed by atoms with van der Waals surface area (Å²) in [6.07, 6.45) is 14.7. The van der Waals surface area contributed by atoms with Crippen LogP contribution in [0.3, 0.4) is 0 Å². The molecule has 0 aliphatic heterocycles. The van der Waals surface area contributed by atoms with Crippen LogP contribution in [0.25, 0.3) is 0 Å². The lowest BCUT2D eigenvalue weighted by Crippen LogP contribution is -2.08. The zero-order chi connectivity index (χ0) is 22.0. The first-order valence-electron chi connectivity index (χ1n) is 11.1. The van der Waals surface area contributed by atoms with Crippen molar-refractivity contribution < 1.29 is 28.8 Å². The highest BCUT2D eigenvalue weighted by atomic mass is 17.2. The van der Waals surface area contributed by atoms with E-state index >= 15 is 0 Å². The van der Waals surface area contributed by atoms with Gasteiger partial charge in [-0.1, -0.05) is 77.6 Å². The van der Waals surface area contributed by atoms with Gasteiger partial charge in [-0.05, 0) is 18.6 Å². The second-order valence-corrected chi connectivity index (χ2v) is 7.35. The summed E-state index contributed by atoms with van der Waals surface area (Å²) >= 11 is 0. The van der Waals surface area contributed by atoms with Gasteiger partial charge in [-0.3, -0.25) is 4.89 Å². The van der Waals surface area contributed by atoms with E-state index < -0.39 is 5.97 Å². The first-order chi connectivity index (χ1) is 14.7. The van der Waals surface area contributed by atoms with E-state index in [0.29, 0.717) is 23.9 Å². The Morgan fingerprint density at radius 2 is 1.20 bits per heavy atom. The molecule has 0 aliphatic rings. The van der Waals surface area contributed by atoms with Crippen LogP contribution in [-0.4, -0.2) is 33.9 Å². The Morgan fingerprint density at radius 1 is 0.733 bits per heavy atom. The van der Waals surface area contributed by atoms with Gasteiger partial charge in [0.2, 0.25) is 5.75 Å². The fourth-order valence-electron chi connectivity index (χ4n) is 3.27. The van der Waals surface area contributed by atoms with Gasteiger partial charge in [-0.15, -0.1) is 0 Å². The van der Waals surface area contributed by atoms with Gasteiger partial charge in [0.25, 0.3) is 0 Å². The van der Waals surface area contributed by atoms with E-state index in [1.165, 1.54) is 91.2 Å². The summed E-state index contributed by atoms with van der Waals surface area (Å²) in [4.78, 5) is 22.2. The van der Waals surface area contributed by atoms with Crippen LogP contribution in [0.4, 0.5) is 0 Å². The predicted octanol–water partition coefficient (Wildman–Crippen LogP) is 6.32. The molecule has 0 heterocycles. The Hall–Kier alpha value is -1.95. The number of hydrogen-bond acceptors (Lipinski definition) is 6. The van der Waals surface area contributed by atoms with Crippen molar-refractivity contribution in [1.82, 2.24) is 0 Å². The molecule has 6 heteroatoms. The summed E-state index contributed by atoms with van der Waals surface area (Å²) in [5.74, 6) is 0.611. The van der Waals surface area contributed by atoms with Gasteiger partial charge < -0.3 is 14.2 Å². The van der Waals surface area contributed by atoms with Gasteiger partial charge in [0, 0.05) is 0 Å². The van der Waals surface area contributed by atoms with Gasteiger partial charge in [-0.25, -0.2) is 4.79 Å². The fraction of sp³-hybridized carbons (Fsp3) is 0.667. The van der Waals surface area contributed by atoms with E-state index in [1.807, 2.05) is 0 Å². The van der Waals surface area contributed by atoms with Crippen molar-refractivity contribution in [1.29, 1.82) is 0 Å². The average molecular weight is 424 g/mol. The summed E-state index contributed by atoms with van der Waals surface area (Å²) in [6.45, 7) is 4.27. The second-order valence-electron chi connectivity index (χ2n) is 7.35. The number of benzene rings is 1. The first kappa shape index (κ1) is 26.1. The molecule has 0 atom stereocenters. The molecule has 0 aliphatic carbocycles. The molecule has 1 aromatic carbocycles. The smallest absolute Gasteiger partial charge is 0.373 e. The van der Waals surface area contributed by atoms with E-state index in [0.717, 1.165) is 19.3 Å². The predicted molar refractivity (Wildman–Crippen MR) is 118 cm³/mol. The molecular formula is C24H39O6. The minimum absolute atomic E-state index is 0.274. The summed E-state index contributed by atoms with van der Waals surface area (Å²) < 4.78 is 15.7. The van der Waals surface area contributed by atoms with E-state index in [1.54, 1.807) is 0 Å². The van der Waals surface area contributed by atoms with Crippen LogP contribution in [0.5, 0.6) is 17.2 Å². The number of hydrogen-bond donors (Lipinski definition) is 0. The Balaban J connectivity index is 2.13. The van der Waals surface area contributed by atoms with Crippen LogP contribution in [0.1, 0.15) is 87.4 Å². The molecule has 1 rings (SSSR count). The zero-order valence-corrected chi connectivity index (χ0v) is 19.0. The highest BCUT2D eigenvalue weighted by Crippen LogP contribution is 2.38. The zero-order valence-electron chi connectivity index (χ0n) is 19.0. The van der Waals surface area contributed by atoms with Gasteiger partial charge in [0.1, 0.15) is 0 Å². The van der Waals surface area contributed by atoms with Gasteiger partial charge in [-0.2, -0.15) is 4.89 Å². The Kier molecular flexibility index (Phi) is 14.6. The normalized spacial score (nSPS) is 10.7. The topological polar surface area (TPSA) is 63.2 Å². The molecule has 0 aromatic heterocycles. The maximum Gasteiger partial charge on any atom is 0.373 e. The number of carbonyl (C=O) groups is 1. The molecule has 0 saturated carbocycles. The number of carbonyl (C=O) groups excluding carboxylic acids is 1. The molecule has 0 saturated heterocycles. The highest BCUT2D eigenvalue weighted by molar-refractivity contribution is 5.90. The van der Waals surface area contributed by atoms with Crippen molar-refractivity contribution in [2.24, 2.45) is 0 Å². The highest BCUT2D eigenvalue weighted by Gasteiger charge is 2.18. The second kappa shape index (κ2) is 16.8. The number of ether oxygens (including phenoxy) is 3. The maximum atomic E-state index is 12.2. The third kappa shape index (κ3) is 10.2. The molecule has 0 amide bonds. The van der Waals surface area contributed by atoms with E-state index in [4.69, 9.17) is 24.0 Å². The molecule has 0 spiro atoms. The number of methoxy groups -OCH3 is 3. The monoisotopic (exact) mass is 423 g/mol. The van der Waals surface area contributed by atoms with Crippen molar-refractivity contribution >= 4 is 5.97 Å². The average Bonchev–Trinajstić information content (AvgIpc) is 2.77. The van der Waals surface area contributed by atoms with Crippen LogP contribution >= 0.6 is 0 Å². The van der Waals surface area contributed by atoms with E-state index in [2.05, 4.69) is 6.92 Å². The lowest BCUT2D eigenvalue weighted by Gasteiger charge is -2.13. The van der Waals surface area contributed by atoms with Crippen molar-refractivity contribution in [2.45, 2.75) is 77.0 Å². The Bertz CT molecular complexity index is 562. The standard InChI is InChI=1S/C24H39O6/c1-5-6-7-8-9-10-11-12-13-14-15-16-17-29-30-24(25)20-18-21(26-2)23(28-4)22(19-20)27-3/h18-19H,1,5-17H2,2-4H3. The number of rotatable bonds is 18. The van der Waals surface area contributed by atoms with Crippen molar-refractivity contribution in [2.75, 3.05) is 27.9 Å². The van der Waals surface area contributed by atoms with Crippen molar-refractivity contribution in [3.63, 3.8) is 0 Å². The summed E-state index contributed by atoms with van der Waals surface area (Å²) in [6, 6.07) is 3.07. The van der Waals surface area contributed by atoms with Crippen LogP contribution in [-0.2, 0) is 9.78 Å². The quantitative estimate of drug-likeness (QED) is 0.156. The molecule has 1 radical (unpaired) electrons. The molecule has 1 aromatic rings. The third-order valence-corrected chi connectivity index (χ3v) is 5.01. The molecule has 0 bridgehead atoms. The SMILES string of the molecule is [CH2]CCCCCCCCCCCCCOOC(=O)c1cc(OC)c(OC)c(OC)c1. The van der Waals surface area contributed by atoms with Gasteiger partial charge in [0.15, 0.2) is 11.5 Å². The molecule has 0 fully saturated rings. The van der Waals surface area contributed by atoms with Crippen LogP contribution < -0.4 is 14.2 Å². The van der Waals surface area contributed by atoms with Crippen molar-refractivity contribution in [3.05, 3.63) is 24.6 Å². The van der Waals surface area contributed by atoms with Crippen LogP contribution in [0, 0.1) is 6.92 Å². The minimum Gasteiger partial charge on any atom is -0.493 e. The van der Waals surface area contributed by atoms with E-state index in [9.17, 15) is 4.79 Å². The fourth-order valence-corrected chi connectivity index (χ4v) is 3.27. The van der Waals surface area contributed by atoms with Gasteiger partial charge >= 0.3 is 5.97 Å². The minimum atomic E-state index is -0.593. The lowest BCUT2D eigenvalue weighted by atomic mass is 10.1. The maximum absolute atomic E-state index is 12.2. The Morgan fingerprint density at radius 3 is 1.63 bits per heavy atom. The molecular weight excluding hydrogens is 384 g/mol. The lowest BCUT2D eigenvalue weighted by molar-refractivity contribution is -0.241. The molecule has 0 N–H and O–H groups in total.